The molecule has 0 unspecified atom stereocenters. The third kappa shape index (κ3) is 3.45. The van der Waals surface area contributed by atoms with Crippen LogP contribution in [0.25, 0.3) is 10.9 Å². The lowest BCUT2D eigenvalue weighted by atomic mass is 10.2. The summed E-state index contributed by atoms with van der Waals surface area (Å²) in [7, 11) is -3.59. The van der Waals surface area contributed by atoms with Gasteiger partial charge in [0.15, 0.2) is 0 Å². The molecule has 1 aromatic carbocycles. The number of fused-ring (bicyclic) bond motifs is 1. The fourth-order valence-electron chi connectivity index (χ4n) is 3.11. The molecule has 6 nitrogen and oxygen atoms in total. The summed E-state index contributed by atoms with van der Waals surface area (Å²) in [5, 5.41) is 2.19. The molecule has 0 saturated carbocycles. The van der Waals surface area contributed by atoms with Gasteiger partial charge in [0.2, 0.25) is 5.82 Å². The number of thiophene rings is 1. The molecule has 4 rings (SSSR count). The molecule has 0 bridgehead atoms. The van der Waals surface area contributed by atoms with Crippen molar-refractivity contribution in [3.8, 4) is 0 Å². The zero-order valence-electron chi connectivity index (χ0n) is 14.4. The Labute approximate surface area is 163 Å². The number of benzene rings is 1. The van der Waals surface area contributed by atoms with Gasteiger partial charge in [0.05, 0.1) is 5.52 Å². The molecule has 11 heteroatoms. The van der Waals surface area contributed by atoms with E-state index in [2.05, 4.69) is 9.97 Å². The van der Waals surface area contributed by atoms with E-state index < -0.39 is 22.0 Å². The first-order chi connectivity index (χ1) is 13.3. The molecule has 3 aromatic rings. The molecule has 0 radical (unpaired) electrons. The second kappa shape index (κ2) is 6.98. The summed E-state index contributed by atoms with van der Waals surface area (Å²) in [5.41, 5.74) is 0.202. The fourth-order valence-corrected chi connectivity index (χ4v) is 5.67. The van der Waals surface area contributed by atoms with E-state index in [4.69, 9.17) is 0 Å². The van der Waals surface area contributed by atoms with Crippen molar-refractivity contribution in [1.29, 1.82) is 0 Å². The number of aromatic nitrogens is 2. The first-order valence-electron chi connectivity index (χ1n) is 8.39. The van der Waals surface area contributed by atoms with Crippen molar-refractivity contribution in [1.82, 2.24) is 14.3 Å². The Morgan fingerprint density at radius 1 is 0.964 bits per heavy atom. The van der Waals surface area contributed by atoms with E-state index in [9.17, 15) is 21.6 Å². The molecule has 0 atom stereocenters. The highest BCUT2D eigenvalue weighted by molar-refractivity contribution is 7.91. The minimum atomic E-state index is -4.66. The highest BCUT2D eigenvalue weighted by Gasteiger charge is 2.37. The van der Waals surface area contributed by atoms with Crippen molar-refractivity contribution >= 4 is 38.1 Å². The van der Waals surface area contributed by atoms with Gasteiger partial charge in [0.25, 0.3) is 10.0 Å². The summed E-state index contributed by atoms with van der Waals surface area (Å²) in [6.45, 7) is 0.811. The maximum Gasteiger partial charge on any atom is 0.451 e. The topological polar surface area (TPSA) is 66.4 Å². The average Bonchev–Trinajstić information content (AvgIpc) is 3.22. The summed E-state index contributed by atoms with van der Waals surface area (Å²) in [4.78, 5) is 9.06. The number of hydrogen-bond acceptors (Lipinski definition) is 6. The molecular formula is C17H15F3N4O2S2. The van der Waals surface area contributed by atoms with Crippen LogP contribution in [0.1, 0.15) is 5.82 Å². The zero-order chi connectivity index (χ0) is 19.9. The maximum absolute atomic E-state index is 13.2. The lowest BCUT2D eigenvalue weighted by molar-refractivity contribution is -0.144. The number of alkyl halides is 3. The summed E-state index contributed by atoms with van der Waals surface area (Å²) in [5.74, 6) is -1.03. The Hall–Kier alpha value is -2.24. The first-order valence-corrected chi connectivity index (χ1v) is 10.7. The van der Waals surface area contributed by atoms with Crippen molar-refractivity contribution in [2.75, 3.05) is 31.1 Å². The molecule has 2 aromatic heterocycles. The number of sulfonamides is 1. The predicted molar refractivity (Wildman–Crippen MR) is 99.8 cm³/mol. The van der Waals surface area contributed by atoms with E-state index in [1.807, 2.05) is 0 Å². The van der Waals surface area contributed by atoms with Gasteiger partial charge < -0.3 is 4.90 Å². The van der Waals surface area contributed by atoms with Crippen LogP contribution in [-0.2, 0) is 16.2 Å². The van der Waals surface area contributed by atoms with E-state index in [0.29, 0.717) is 5.39 Å². The normalized spacial score (nSPS) is 16.6. The van der Waals surface area contributed by atoms with Gasteiger partial charge in [-0.05, 0) is 23.6 Å². The first kappa shape index (κ1) is 19.1. The van der Waals surface area contributed by atoms with Crippen LogP contribution in [0.2, 0.25) is 0 Å². The SMILES string of the molecule is O=S(=O)(c1cccs1)N1CCN(c2nc(C(F)(F)F)nc3ccccc23)CC1. The average molecular weight is 428 g/mol. The minimum absolute atomic E-state index is 0.167. The van der Waals surface area contributed by atoms with Crippen LogP contribution in [0.4, 0.5) is 19.0 Å². The highest BCUT2D eigenvalue weighted by Crippen LogP contribution is 2.32. The molecule has 0 N–H and O–H groups in total. The molecule has 0 aliphatic carbocycles. The molecule has 148 valence electrons. The Balaban J connectivity index is 1.64. The molecule has 1 aliphatic heterocycles. The lowest BCUT2D eigenvalue weighted by Crippen LogP contribution is -2.49. The Morgan fingerprint density at radius 3 is 2.32 bits per heavy atom. The fraction of sp³-hybridized carbons (Fsp3) is 0.294. The number of para-hydroxylation sites is 1. The predicted octanol–water partition coefficient (Wildman–Crippen LogP) is 3.22. The number of halogens is 3. The van der Waals surface area contributed by atoms with E-state index in [1.165, 1.54) is 10.4 Å². The molecule has 0 amide bonds. The minimum Gasteiger partial charge on any atom is -0.353 e. The number of anilines is 1. The van der Waals surface area contributed by atoms with Crippen LogP contribution >= 0.6 is 11.3 Å². The number of piperazine rings is 1. The zero-order valence-corrected chi connectivity index (χ0v) is 16.1. The Morgan fingerprint density at radius 2 is 1.68 bits per heavy atom. The van der Waals surface area contributed by atoms with Gasteiger partial charge in [0.1, 0.15) is 10.0 Å². The summed E-state index contributed by atoms with van der Waals surface area (Å²) in [6, 6.07) is 9.71. The number of nitrogens with zero attached hydrogens (tertiary/aromatic N) is 4. The molecule has 1 fully saturated rings. The van der Waals surface area contributed by atoms with Gasteiger partial charge in [-0.2, -0.15) is 17.5 Å². The standard InChI is InChI=1S/C17H15F3N4O2S2/c18-17(19,20)16-21-13-5-2-1-4-12(13)15(22-16)23-7-9-24(10-8-23)28(25,26)14-6-3-11-27-14/h1-6,11H,7-10H2. The van der Waals surface area contributed by atoms with Gasteiger partial charge in [0, 0.05) is 31.6 Å². The third-order valence-corrected chi connectivity index (χ3v) is 7.74. The molecular weight excluding hydrogens is 413 g/mol. The van der Waals surface area contributed by atoms with Crippen molar-refractivity contribution in [2.45, 2.75) is 10.4 Å². The monoisotopic (exact) mass is 428 g/mol. The van der Waals surface area contributed by atoms with E-state index in [0.717, 1.165) is 11.3 Å². The third-order valence-electron chi connectivity index (χ3n) is 4.46. The highest BCUT2D eigenvalue weighted by atomic mass is 32.2. The van der Waals surface area contributed by atoms with Gasteiger partial charge in [-0.25, -0.2) is 18.4 Å². The van der Waals surface area contributed by atoms with Crippen LogP contribution in [0.5, 0.6) is 0 Å². The molecule has 3 heterocycles. The molecule has 28 heavy (non-hydrogen) atoms. The molecule has 1 aliphatic rings. The van der Waals surface area contributed by atoms with Crippen molar-refractivity contribution in [3.63, 3.8) is 0 Å². The quantitative estimate of drug-likeness (QED) is 0.641. The molecule has 0 spiro atoms. The smallest absolute Gasteiger partial charge is 0.353 e. The second-order valence-corrected chi connectivity index (χ2v) is 9.32. The lowest BCUT2D eigenvalue weighted by Gasteiger charge is -2.35. The van der Waals surface area contributed by atoms with Crippen LogP contribution in [-0.4, -0.2) is 48.9 Å². The largest absolute Gasteiger partial charge is 0.451 e. The molecule has 1 saturated heterocycles. The second-order valence-electron chi connectivity index (χ2n) is 6.21. The van der Waals surface area contributed by atoms with Gasteiger partial charge in [-0.3, -0.25) is 0 Å². The van der Waals surface area contributed by atoms with Gasteiger partial charge >= 0.3 is 6.18 Å². The van der Waals surface area contributed by atoms with Crippen molar-refractivity contribution < 1.29 is 21.6 Å². The van der Waals surface area contributed by atoms with Crippen molar-refractivity contribution in [2.24, 2.45) is 0 Å². The number of rotatable bonds is 3. The number of hydrogen-bond donors (Lipinski definition) is 0. The van der Waals surface area contributed by atoms with E-state index >= 15 is 0 Å². The summed E-state index contributed by atoms with van der Waals surface area (Å²) in [6.07, 6.45) is -4.66. The van der Waals surface area contributed by atoms with Gasteiger partial charge in [-0.15, -0.1) is 11.3 Å². The van der Waals surface area contributed by atoms with E-state index in [-0.39, 0.29) is 41.7 Å². The summed E-state index contributed by atoms with van der Waals surface area (Å²) >= 11 is 1.14. The van der Waals surface area contributed by atoms with Gasteiger partial charge in [-0.1, -0.05) is 18.2 Å². The summed E-state index contributed by atoms with van der Waals surface area (Å²) < 4.78 is 66.5. The Kier molecular flexibility index (Phi) is 4.76. The van der Waals surface area contributed by atoms with Crippen LogP contribution in [0, 0.1) is 0 Å². The Bertz CT molecular complexity index is 1090. The van der Waals surface area contributed by atoms with E-state index in [1.54, 1.807) is 40.6 Å². The van der Waals surface area contributed by atoms with Crippen LogP contribution in [0.3, 0.4) is 0 Å². The maximum atomic E-state index is 13.2. The van der Waals surface area contributed by atoms with Crippen molar-refractivity contribution in [3.05, 3.63) is 47.6 Å². The van der Waals surface area contributed by atoms with Crippen LogP contribution < -0.4 is 4.90 Å². The van der Waals surface area contributed by atoms with Crippen LogP contribution in [0.15, 0.2) is 46.0 Å².